The van der Waals surface area contributed by atoms with Gasteiger partial charge >= 0.3 is 0 Å². The maximum atomic E-state index is 12.6. The molecule has 0 saturated carbocycles. The third kappa shape index (κ3) is 6.11. The molecule has 3 N–H and O–H groups in total. The highest BCUT2D eigenvalue weighted by Crippen LogP contribution is 2.23. The number of benzene rings is 2. The summed E-state index contributed by atoms with van der Waals surface area (Å²) in [6.07, 6.45) is 0.0394. The minimum atomic E-state index is -0.820. The number of aliphatic imine (C=N–C) groups is 1. The van der Waals surface area contributed by atoms with Gasteiger partial charge in [-0.05, 0) is 48.2 Å². The Balaban J connectivity index is 1.57. The molecular formula is C22H26Cl2N4O2. The number of fused-ring (bicyclic) bond motifs is 1. The van der Waals surface area contributed by atoms with Crippen molar-refractivity contribution in [1.29, 1.82) is 0 Å². The van der Waals surface area contributed by atoms with Gasteiger partial charge in [0.05, 0.1) is 6.10 Å². The molecule has 0 aliphatic carbocycles. The largest absolute Gasteiger partial charge is 0.387 e. The Morgan fingerprint density at radius 1 is 1.17 bits per heavy atom. The van der Waals surface area contributed by atoms with Crippen molar-refractivity contribution in [2.45, 2.75) is 26.0 Å². The lowest BCUT2D eigenvalue weighted by Crippen LogP contribution is -2.41. The van der Waals surface area contributed by atoms with Crippen LogP contribution in [-0.2, 0) is 17.8 Å². The second-order valence-corrected chi connectivity index (χ2v) is 8.00. The van der Waals surface area contributed by atoms with E-state index in [9.17, 15) is 9.90 Å². The lowest BCUT2D eigenvalue weighted by atomic mass is 10.00. The van der Waals surface area contributed by atoms with E-state index in [0.29, 0.717) is 41.2 Å². The molecule has 0 saturated heterocycles. The Morgan fingerprint density at radius 2 is 1.87 bits per heavy atom. The zero-order valence-electron chi connectivity index (χ0n) is 16.9. The maximum Gasteiger partial charge on any atom is 0.244 e. The first-order valence-electron chi connectivity index (χ1n) is 9.97. The summed E-state index contributed by atoms with van der Waals surface area (Å²) in [5, 5.41) is 17.5. The van der Waals surface area contributed by atoms with E-state index in [1.807, 2.05) is 24.0 Å². The summed E-state index contributed by atoms with van der Waals surface area (Å²) in [5.74, 6) is 0.444. The van der Waals surface area contributed by atoms with Crippen LogP contribution in [0.4, 0.5) is 0 Å². The number of rotatable bonds is 6. The van der Waals surface area contributed by atoms with Gasteiger partial charge in [-0.15, -0.1) is 0 Å². The predicted molar refractivity (Wildman–Crippen MR) is 121 cm³/mol. The van der Waals surface area contributed by atoms with E-state index in [-0.39, 0.29) is 19.0 Å². The van der Waals surface area contributed by atoms with Gasteiger partial charge < -0.3 is 20.6 Å². The van der Waals surface area contributed by atoms with Gasteiger partial charge in [0.2, 0.25) is 5.91 Å². The van der Waals surface area contributed by atoms with Crippen LogP contribution in [0.25, 0.3) is 0 Å². The van der Waals surface area contributed by atoms with Crippen molar-refractivity contribution in [3.8, 4) is 0 Å². The molecule has 0 spiro atoms. The molecule has 3 rings (SSSR count). The highest BCUT2D eigenvalue weighted by atomic mass is 35.5. The summed E-state index contributed by atoms with van der Waals surface area (Å²) >= 11 is 12.0. The van der Waals surface area contributed by atoms with E-state index in [0.717, 1.165) is 6.42 Å². The quantitative estimate of drug-likeness (QED) is 0.468. The number of halogens is 2. The molecule has 0 bridgehead atoms. The van der Waals surface area contributed by atoms with Crippen molar-refractivity contribution in [3.63, 3.8) is 0 Å². The van der Waals surface area contributed by atoms with E-state index in [1.54, 1.807) is 18.2 Å². The van der Waals surface area contributed by atoms with Crippen LogP contribution in [-0.4, -0.2) is 48.1 Å². The van der Waals surface area contributed by atoms with Gasteiger partial charge in [-0.25, -0.2) is 4.99 Å². The van der Waals surface area contributed by atoms with E-state index >= 15 is 0 Å². The van der Waals surface area contributed by atoms with Crippen molar-refractivity contribution >= 4 is 35.1 Å². The zero-order valence-corrected chi connectivity index (χ0v) is 18.4. The first kappa shape index (κ1) is 22.4. The summed E-state index contributed by atoms with van der Waals surface area (Å²) in [7, 11) is 0. The molecular weight excluding hydrogens is 423 g/mol. The molecule has 2 aromatic rings. The van der Waals surface area contributed by atoms with Gasteiger partial charge in [0.25, 0.3) is 0 Å². The average molecular weight is 449 g/mol. The van der Waals surface area contributed by atoms with Crippen LogP contribution in [0.1, 0.15) is 29.7 Å². The van der Waals surface area contributed by atoms with Crippen molar-refractivity contribution in [2.24, 2.45) is 4.99 Å². The molecule has 8 heteroatoms. The first-order chi connectivity index (χ1) is 14.5. The molecule has 0 fully saturated rings. The van der Waals surface area contributed by atoms with E-state index < -0.39 is 6.10 Å². The van der Waals surface area contributed by atoms with Gasteiger partial charge in [0.1, 0.15) is 6.54 Å². The Morgan fingerprint density at radius 3 is 2.57 bits per heavy atom. The van der Waals surface area contributed by atoms with Gasteiger partial charge in [-0.3, -0.25) is 4.79 Å². The molecule has 2 aromatic carbocycles. The number of guanidine groups is 1. The average Bonchev–Trinajstić information content (AvgIpc) is 2.74. The van der Waals surface area contributed by atoms with E-state index in [1.165, 1.54) is 11.1 Å². The SMILES string of the molecule is CCNC(=NCC(=O)N1CCc2ccccc2C1)NCC(O)c1cc(Cl)cc(Cl)c1. The van der Waals surface area contributed by atoms with Crippen molar-refractivity contribution in [2.75, 3.05) is 26.2 Å². The van der Waals surface area contributed by atoms with E-state index in [2.05, 4.69) is 27.8 Å². The highest BCUT2D eigenvalue weighted by molar-refractivity contribution is 6.34. The second kappa shape index (κ2) is 10.7. The molecule has 1 heterocycles. The van der Waals surface area contributed by atoms with Crippen LogP contribution in [0.2, 0.25) is 10.0 Å². The fraction of sp³-hybridized carbons (Fsp3) is 0.364. The Labute approximate surface area is 186 Å². The van der Waals surface area contributed by atoms with Crippen LogP contribution < -0.4 is 10.6 Å². The smallest absolute Gasteiger partial charge is 0.244 e. The van der Waals surface area contributed by atoms with Crippen LogP contribution in [0.3, 0.4) is 0 Å². The molecule has 6 nitrogen and oxygen atoms in total. The fourth-order valence-corrected chi connectivity index (χ4v) is 3.92. The number of carbonyl (C=O) groups excluding carboxylic acids is 1. The van der Waals surface area contributed by atoms with Crippen LogP contribution in [0.15, 0.2) is 47.5 Å². The molecule has 0 radical (unpaired) electrons. The van der Waals surface area contributed by atoms with Gasteiger partial charge in [-0.1, -0.05) is 47.5 Å². The zero-order chi connectivity index (χ0) is 21.5. The molecule has 1 unspecified atom stereocenters. The summed E-state index contributed by atoms with van der Waals surface area (Å²) in [5.41, 5.74) is 3.10. The van der Waals surface area contributed by atoms with Crippen molar-refractivity contribution in [3.05, 3.63) is 69.2 Å². The third-order valence-corrected chi connectivity index (χ3v) is 5.37. The Kier molecular flexibility index (Phi) is 7.96. The summed E-state index contributed by atoms with van der Waals surface area (Å²) < 4.78 is 0. The minimum absolute atomic E-state index is 0.0242. The lowest BCUT2D eigenvalue weighted by Gasteiger charge is -2.28. The molecule has 1 amide bonds. The van der Waals surface area contributed by atoms with E-state index in [4.69, 9.17) is 23.2 Å². The molecule has 1 atom stereocenters. The normalized spacial score (nSPS) is 14.8. The molecule has 160 valence electrons. The highest BCUT2D eigenvalue weighted by Gasteiger charge is 2.20. The number of nitrogens with zero attached hydrogens (tertiary/aromatic N) is 2. The Hall–Kier alpha value is -2.28. The van der Waals surface area contributed by atoms with Crippen LogP contribution in [0, 0.1) is 0 Å². The number of hydrogen-bond donors (Lipinski definition) is 3. The Bertz CT molecular complexity index is 900. The second-order valence-electron chi connectivity index (χ2n) is 7.13. The summed E-state index contributed by atoms with van der Waals surface area (Å²) in [6.45, 7) is 4.13. The lowest BCUT2D eigenvalue weighted by molar-refractivity contribution is -0.130. The first-order valence-corrected chi connectivity index (χ1v) is 10.7. The number of carbonyl (C=O) groups is 1. The third-order valence-electron chi connectivity index (χ3n) is 4.93. The number of aliphatic hydroxyl groups is 1. The molecule has 1 aliphatic rings. The van der Waals surface area contributed by atoms with Gasteiger partial charge in [0, 0.05) is 36.2 Å². The van der Waals surface area contributed by atoms with Gasteiger partial charge in [0.15, 0.2) is 5.96 Å². The minimum Gasteiger partial charge on any atom is -0.387 e. The predicted octanol–water partition coefficient (Wildman–Crippen LogP) is 3.17. The van der Waals surface area contributed by atoms with Crippen molar-refractivity contribution in [1.82, 2.24) is 15.5 Å². The maximum absolute atomic E-state index is 12.6. The number of hydrogen-bond acceptors (Lipinski definition) is 3. The molecule has 30 heavy (non-hydrogen) atoms. The fourth-order valence-electron chi connectivity index (χ4n) is 3.38. The van der Waals surface area contributed by atoms with Crippen LogP contribution >= 0.6 is 23.2 Å². The standard InChI is InChI=1S/C22H26Cl2N4O2/c1-2-25-22(26-12-20(29)17-9-18(23)11-19(24)10-17)27-13-21(30)28-8-7-15-5-3-4-6-16(15)14-28/h3-6,9-11,20,29H,2,7-8,12-14H2,1H3,(H2,25,26,27). The number of amides is 1. The van der Waals surface area contributed by atoms with Gasteiger partial charge in [-0.2, -0.15) is 0 Å². The number of aliphatic hydroxyl groups excluding tert-OH is 1. The number of nitrogens with one attached hydrogen (secondary N) is 2. The monoisotopic (exact) mass is 448 g/mol. The van der Waals surface area contributed by atoms with Crippen molar-refractivity contribution < 1.29 is 9.90 Å². The topological polar surface area (TPSA) is 77.0 Å². The van der Waals surface area contributed by atoms with Crippen LogP contribution in [0.5, 0.6) is 0 Å². The summed E-state index contributed by atoms with van der Waals surface area (Å²) in [6, 6.07) is 13.2. The molecule has 0 aromatic heterocycles. The summed E-state index contributed by atoms with van der Waals surface area (Å²) in [4.78, 5) is 18.9. The molecule has 1 aliphatic heterocycles.